The predicted molar refractivity (Wildman–Crippen MR) is 107 cm³/mol. The Hall–Kier alpha value is -0.570. The third-order valence-corrected chi connectivity index (χ3v) is 9.83. The summed E-state index contributed by atoms with van der Waals surface area (Å²) in [6, 6.07) is 0. The van der Waals surface area contributed by atoms with Crippen molar-refractivity contribution in [3.8, 4) is 0 Å². The molecule has 0 heterocycles. The molecule has 0 bridgehead atoms. The number of rotatable bonds is 3. The van der Waals surface area contributed by atoms with Gasteiger partial charge in [-0.05, 0) is 92.3 Å². The standard InChI is InChI=1S/C24H40O3/c1-5-15(2)22(26)27-17-10-12-23(3)16(13-17)8-9-18-19-7-6-11-24(19,4)21(25)14-20(18)23/h15-21,25H,5-14H2,1-4H3. The molecule has 0 amide bonds. The summed E-state index contributed by atoms with van der Waals surface area (Å²) >= 11 is 0. The Morgan fingerprint density at radius 3 is 2.59 bits per heavy atom. The summed E-state index contributed by atoms with van der Waals surface area (Å²) in [4.78, 5) is 12.3. The first kappa shape index (κ1) is 19.7. The van der Waals surface area contributed by atoms with Crippen LogP contribution in [0.5, 0.6) is 0 Å². The van der Waals surface area contributed by atoms with Crippen molar-refractivity contribution in [2.75, 3.05) is 0 Å². The van der Waals surface area contributed by atoms with E-state index in [2.05, 4.69) is 20.8 Å². The molecule has 4 aliphatic carbocycles. The van der Waals surface area contributed by atoms with Crippen molar-refractivity contribution in [2.45, 2.75) is 104 Å². The summed E-state index contributed by atoms with van der Waals surface area (Å²) in [7, 11) is 0. The maximum Gasteiger partial charge on any atom is 0.308 e. The minimum Gasteiger partial charge on any atom is -0.462 e. The topological polar surface area (TPSA) is 46.5 Å². The molecule has 4 aliphatic rings. The number of carbonyl (C=O) groups is 1. The average Bonchev–Trinajstić information content (AvgIpc) is 3.05. The summed E-state index contributed by atoms with van der Waals surface area (Å²) in [5.74, 6) is 2.86. The lowest BCUT2D eigenvalue weighted by molar-refractivity contribution is -0.175. The van der Waals surface area contributed by atoms with Crippen molar-refractivity contribution >= 4 is 5.97 Å². The maximum atomic E-state index is 12.3. The first-order valence-corrected chi connectivity index (χ1v) is 11.7. The molecule has 3 nitrogen and oxygen atoms in total. The van der Waals surface area contributed by atoms with Gasteiger partial charge in [0.25, 0.3) is 0 Å². The lowest BCUT2D eigenvalue weighted by Crippen LogP contribution is -2.57. The van der Waals surface area contributed by atoms with Crippen LogP contribution in [0.25, 0.3) is 0 Å². The second-order valence-electron chi connectivity index (χ2n) is 10.9. The first-order valence-electron chi connectivity index (χ1n) is 11.7. The van der Waals surface area contributed by atoms with Gasteiger partial charge in [0, 0.05) is 0 Å². The van der Waals surface area contributed by atoms with Crippen LogP contribution in [0.15, 0.2) is 0 Å². The van der Waals surface area contributed by atoms with Gasteiger partial charge in [-0.1, -0.05) is 34.1 Å². The van der Waals surface area contributed by atoms with Crippen molar-refractivity contribution in [1.29, 1.82) is 0 Å². The van der Waals surface area contributed by atoms with Gasteiger partial charge in [-0.3, -0.25) is 4.79 Å². The number of fused-ring (bicyclic) bond motifs is 5. The highest BCUT2D eigenvalue weighted by molar-refractivity contribution is 5.72. The number of esters is 1. The second-order valence-corrected chi connectivity index (χ2v) is 10.9. The summed E-state index contributed by atoms with van der Waals surface area (Å²) in [6.07, 6.45) is 11.5. The molecule has 27 heavy (non-hydrogen) atoms. The molecular formula is C24H40O3. The van der Waals surface area contributed by atoms with E-state index in [9.17, 15) is 9.90 Å². The summed E-state index contributed by atoms with van der Waals surface area (Å²) < 4.78 is 5.89. The molecule has 0 saturated heterocycles. The van der Waals surface area contributed by atoms with Crippen LogP contribution in [0, 0.1) is 40.4 Å². The van der Waals surface area contributed by atoms with Crippen molar-refractivity contribution < 1.29 is 14.6 Å². The summed E-state index contributed by atoms with van der Waals surface area (Å²) in [6.45, 7) is 8.90. The largest absolute Gasteiger partial charge is 0.462 e. The van der Waals surface area contributed by atoms with Gasteiger partial charge < -0.3 is 9.84 Å². The molecule has 0 radical (unpaired) electrons. The molecule has 9 atom stereocenters. The number of carbonyl (C=O) groups excluding carboxylic acids is 1. The fourth-order valence-corrected chi connectivity index (χ4v) is 7.72. The van der Waals surface area contributed by atoms with Crippen LogP contribution in [0.4, 0.5) is 0 Å². The highest BCUT2D eigenvalue weighted by atomic mass is 16.5. The van der Waals surface area contributed by atoms with Crippen LogP contribution in [0.3, 0.4) is 0 Å². The predicted octanol–water partition coefficient (Wildman–Crippen LogP) is 5.35. The zero-order valence-corrected chi connectivity index (χ0v) is 17.9. The van der Waals surface area contributed by atoms with E-state index in [1.807, 2.05) is 6.92 Å². The van der Waals surface area contributed by atoms with E-state index in [-0.39, 0.29) is 29.5 Å². The molecule has 9 unspecified atom stereocenters. The zero-order valence-electron chi connectivity index (χ0n) is 17.9. The lowest BCUT2D eigenvalue weighted by Gasteiger charge is -2.61. The van der Waals surface area contributed by atoms with Crippen LogP contribution < -0.4 is 0 Å². The number of aliphatic hydroxyl groups is 1. The van der Waals surface area contributed by atoms with E-state index in [4.69, 9.17) is 4.74 Å². The van der Waals surface area contributed by atoms with Crippen LogP contribution in [-0.4, -0.2) is 23.3 Å². The van der Waals surface area contributed by atoms with Crippen molar-refractivity contribution in [3.63, 3.8) is 0 Å². The molecular weight excluding hydrogens is 336 g/mol. The Morgan fingerprint density at radius 1 is 1.07 bits per heavy atom. The van der Waals surface area contributed by atoms with E-state index < -0.39 is 0 Å². The molecule has 0 aromatic rings. The fraction of sp³-hybridized carbons (Fsp3) is 0.958. The van der Waals surface area contributed by atoms with Crippen LogP contribution in [0.1, 0.15) is 91.9 Å². The number of aliphatic hydroxyl groups excluding tert-OH is 1. The number of ether oxygens (including phenoxy) is 1. The Morgan fingerprint density at radius 2 is 1.85 bits per heavy atom. The average molecular weight is 377 g/mol. The van der Waals surface area contributed by atoms with Gasteiger partial charge in [0.15, 0.2) is 0 Å². The van der Waals surface area contributed by atoms with Gasteiger partial charge in [-0.2, -0.15) is 0 Å². The molecule has 0 spiro atoms. The Kier molecular flexibility index (Phi) is 5.15. The Balaban J connectivity index is 1.48. The van der Waals surface area contributed by atoms with Crippen LogP contribution in [-0.2, 0) is 9.53 Å². The Labute approximate surface area is 165 Å². The van der Waals surface area contributed by atoms with Gasteiger partial charge in [0.1, 0.15) is 6.10 Å². The van der Waals surface area contributed by atoms with E-state index in [1.54, 1.807) is 0 Å². The minimum atomic E-state index is -0.122. The molecule has 3 heteroatoms. The highest BCUT2D eigenvalue weighted by Crippen LogP contribution is 2.66. The van der Waals surface area contributed by atoms with E-state index >= 15 is 0 Å². The van der Waals surface area contributed by atoms with Crippen molar-refractivity contribution in [2.24, 2.45) is 40.4 Å². The SMILES string of the molecule is CCC(C)C(=O)OC1CCC2(C)C(CCC3C4CCCC4(C)C(O)CC32)C1. The van der Waals surface area contributed by atoms with E-state index in [1.165, 1.54) is 32.1 Å². The molecule has 4 fully saturated rings. The quantitative estimate of drug-likeness (QED) is 0.676. The van der Waals surface area contributed by atoms with Crippen LogP contribution >= 0.6 is 0 Å². The minimum absolute atomic E-state index is 0.00500. The molecule has 4 saturated carbocycles. The third kappa shape index (κ3) is 3.07. The summed E-state index contributed by atoms with van der Waals surface area (Å²) in [5.41, 5.74) is 0.500. The van der Waals surface area contributed by atoms with Gasteiger partial charge in [-0.25, -0.2) is 0 Å². The Bertz CT molecular complexity index is 574. The normalized spacial score (nSPS) is 50.3. The number of hydrogen-bond donors (Lipinski definition) is 1. The van der Waals surface area contributed by atoms with Gasteiger partial charge >= 0.3 is 5.97 Å². The monoisotopic (exact) mass is 376 g/mol. The molecule has 154 valence electrons. The van der Waals surface area contributed by atoms with Gasteiger partial charge in [-0.15, -0.1) is 0 Å². The molecule has 0 aliphatic heterocycles. The number of hydrogen-bond acceptors (Lipinski definition) is 3. The third-order valence-electron chi connectivity index (χ3n) is 9.83. The zero-order chi connectivity index (χ0) is 19.4. The molecule has 4 rings (SSSR count). The van der Waals surface area contributed by atoms with Crippen LogP contribution in [0.2, 0.25) is 0 Å². The fourth-order valence-electron chi connectivity index (χ4n) is 7.72. The highest BCUT2D eigenvalue weighted by Gasteiger charge is 2.60. The summed E-state index contributed by atoms with van der Waals surface area (Å²) in [5, 5.41) is 11.1. The molecule has 0 aromatic heterocycles. The molecule has 0 aromatic carbocycles. The van der Waals surface area contributed by atoms with E-state index in [0.29, 0.717) is 17.3 Å². The van der Waals surface area contributed by atoms with E-state index in [0.717, 1.165) is 43.9 Å². The smallest absolute Gasteiger partial charge is 0.308 e. The maximum absolute atomic E-state index is 12.3. The van der Waals surface area contributed by atoms with Gasteiger partial charge in [0.2, 0.25) is 0 Å². The lowest BCUT2D eigenvalue weighted by atomic mass is 9.44. The van der Waals surface area contributed by atoms with Crippen molar-refractivity contribution in [1.82, 2.24) is 0 Å². The van der Waals surface area contributed by atoms with Crippen molar-refractivity contribution in [3.05, 3.63) is 0 Å². The van der Waals surface area contributed by atoms with Gasteiger partial charge in [0.05, 0.1) is 12.0 Å². The first-order chi connectivity index (χ1) is 12.8. The molecule has 1 N–H and O–H groups in total. The second kappa shape index (κ2) is 7.04.